The first kappa shape index (κ1) is 24.0. The number of carbonyl (C=O) groups excluding carboxylic acids is 1. The van der Waals surface area contributed by atoms with Crippen LogP contribution < -0.4 is 15.0 Å². The summed E-state index contributed by atoms with van der Waals surface area (Å²) < 4.78 is 33.1. The van der Waals surface area contributed by atoms with Crippen LogP contribution in [0.25, 0.3) is 10.9 Å². The second kappa shape index (κ2) is 8.90. The second-order valence-corrected chi connectivity index (χ2v) is 11.1. The molecule has 10 nitrogen and oxygen atoms in total. The molecule has 3 aromatic rings. The summed E-state index contributed by atoms with van der Waals surface area (Å²) in [5, 5.41) is 19.8. The van der Waals surface area contributed by atoms with Crippen molar-refractivity contribution in [3.05, 3.63) is 42.1 Å². The van der Waals surface area contributed by atoms with Crippen molar-refractivity contribution in [3.63, 3.8) is 0 Å². The first-order valence-corrected chi connectivity index (χ1v) is 12.3. The molecule has 2 heterocycles. The predicted octanol–water partition coefficient (Wildman–Crippen LogP) is 2.10. The average molecular weight is 488 g/mol. The number of aromatic nitrogens is 2. The van der Waals surface area contributed by atoms with Crippen LogP contribution in [0.2, 0.25) is 0 Å². The quantitative estimate of drug-likeness (QED) is 0.466. The van der Waals surface area contributed by atoms with E-state index in [1.165, 1.54) is 7.05 Å². The van der Waals surface area contributed by atoms with Crippen LogP contribution in [0.3, 0.4) is 0 Å². The highest BCUT2D eigenvalue weighted by Crippen LogP contribution is 2.37. The molecule has 34 heavy (non-hydrogen) atoms. The van der Waals surface area contributed by atoms with Crippen LogP contribution in [0, 0.1) is 6.92 Å². The standard InChI is InChI=1S/C23H29N5O5S/c1-15-9-16-12-24-26-22(16)20(10-15)34(31,32)27(4)13-21(30)25-17-5-6-18-19(11-17)33-8-7-28(18)23(2,3)14-29/h5-6,9-12,29H,7-8,13-14H2,1-4H3,(H,24,26)(H,25,30). The molecule has 0 bridgehead atoms. The Morgan fingerprint density at radius 2 is 2.09 bits per heavy atom. The van der Waals surface area contributed by atoms with Crippen molar-refractivity contribution in [3.8, 4) is 5.75 Å². The van der Waals surface area contributed by atoms with Crippen molar-refractivity contribution in [1.29, 1.82) is 0 Å². The number of hydrogen-bond donors (Lipinski definition) is 3. The number of aliphatic hydroxyl groups excluding tert-OH is 1. The van der Waals surface area contributed by atoms with Gasteiger partial charge in [0.2, 0.25) is 15.9 Å². The van der Waals surface area contributed by atoms with Crippen LogP contribution in [0.5, 0.6) is 5.75 Å². The molecule has 1 aromatic heterocycles. The lowest BCUT2D eigenvalue weighted by molar-refractivity contribution is -0.116. The maximum atomic E-state index is 13.2. The van der Waals surface area contributed by atoms with Gasteiger partial charge in [0.1, 0.15) is 17.3 Å². The Balaban J connectivity index is 1.50. The Morgan fingerprint density at radius 3 is 2.82 bits per heavy atom. The number of nitrogens with one attached hydrogen (secondary N) is 2. The number of hydrogen-bond acceptors (Lipinski definition) is 7. The van der Waals surface area contributed by atoms with Gasteiger partial charge in [-0.3, -0.25) is 9.89 Å². The molecule has 2 aromatic carbocycles. The van der Waals surface area contributed by atoms with Gasteiger partial charge in [-0.25, -0.2) is 8.42 Å². The van der Waals surface area contributed by atoms with E-state index in [0.29, 0.717) is 35.5 Å². The zero-order valence-electron chi connectivity index (χ0n) is 19.6. The summed E-state index contributed by atoms with van der Waals surface area (Å²) in [5.74, 6) is 0.107. The van der Waals surface area contributed by atoms with Crippen LogP contribution in [0.1, 0.15) is 19.4 Å². The van der Waals surface area contributed by atoms with Crippen LogP contribution in [0.4, 0.5) is 11.4 Å². The molecule has 182 valence electrons. The number of fused-ring (bicyclic) bond motifs is 2. The van der Waals surface area contributed by atoms with Crippen LogP contribution in [-0.4, -0.2) is 72.8 Å². The number of aliphatic hydroxyl groups is 1. The maximum Gasteiger partial charge on any atom is 0.245 e. The summed E-state index contributed by atoms with van der Waals surface area (Å²) in [5.41, 5.74) is 2.03. The van der Waals surface area contributed by atoms with E-state index in [1.807, 2.05) is 26.0 Å². The second-order valence-electron chi connectivity index (χ2n) is 9.06. The maximum absolute atomic E-state index is 13.2. The molecule has 4 rings (SSSR count). The first-order chi connectivity index (χ1) is 16.0. The summed E-state index contributed by atoms with van der Waals surface area (Å²) in [4.78, 5) is 14.8. The highest BCUT2D eigenvalue weighted by atomic mass is 32.2. The van der Waals surface area contributed by atoms with Crippen molar-refractivity contribution in [2.24, 2.45) is 0 Å². The number of rotatable bonds is 7. The van der Waals surface area contributed by atoms with E-state index in [0.717, 1.165) is 15.6 Å². The predicted molar refractivity (Wildman–Crippen MR) is 130 cm³/mol. The van der Waals surface area contributed by atoms with E-state index < -0.39 is 21.5 Å². The van der Waals surface area contributed by atoms with Crippen LogP contribution >= 0.6 is 0 Å². The molecule has 3 N–H and O–H groups in total. The third kappa shape index (κ3) is 4.46. The van der Waals surface area contributed by atoms with Gasteiger partial charge in [0.15, 0.2) is 0 Å². The number of H-pyrrole nitrogens is 1. The molecule has 0 spiro atoms. The lowest BCUT2D eigenvalue weighted by atomic mass is 10.0. The van der Waals surface area contributed by atoms with Crippen LogP contribution in [0.15, 0.2) is 41.4 Å². The van der Waals surface area contributed by atoms with Gasteiger partial charge in [-0.15, -0.1) is 0 Å². The molecule has 0 saturated heterocycles. The van der Waals surface area contributed by atoms with E-state index >= 15 is 0 Å². The number of benzene rings is 2. The molecule has 0 aliphatic carbocycles. The smallest absolute Gasteiger partial charge is 0.245 e. The van der Waals surface area contributed by atoms with Gasteiger partial charge in [0.05, 0.1) is 42.6 Å². The summed E-state index contributed by atoms with van der Waals surface area (Å²) in [6.07, 6.45) is 1.56. The minimum atomic E-state index is -3.94. The topological polar surface area (TPSA) is 128 Å². The minimum Gasteiger partial charge on any atom is -0.489 e. The molecule has 11 heteroatoms. The SMILES string of the molecule is Cc1cc(S(=O)(=O)N(C)CC(=O)Nc2ccc3c(c2)OCCN3C(C)(C)CO)c2[nH]ncc2c1. The molecule has 0 saturated carbocycles. The first-order valence-electron chi connectivity index (χ1n) is 10.9. The summed E-state index contributed by atoms with van der Waals surface area (Å²) in [6, 6.07) is 8.66. The van der Waals surface area contributed by atoms with Gasteiger partial charge in [-0.2, -0.15) is 9.40 Å². The molecular formula is C23H29N5O5S. The number of aromatic amines is 1. The summed E-state index contributed by atoms with van der Waals surface area (Å²) in [7, 11) is -2.57. The Hall–Kier alpha value is -3.15. The summed E-state index contributed by atoms with van der Waals surface area (Å²) in [6.45, 7) is 6.40. The number of nitrogens with zero attached hydrogens (tertiary/aromatic N) is 3. The van der Waals surface area contributed by atoms with E-state index in [2.05, 4.69) is 20.4 Å². The van der Waals surface area contributed by atoms with E-state index in [-0.39, 0.29) is 18.0 Å². The molecule has 0 radical (unpaired) electrons. The van der Waals surface area contributed by atoms with E-state index in [1.54, 1.807) is 31.3 Å². The van der Waals surface area contributed by atoms with Crippen molar-refractivity contribution < 1.29 is 23.1 Å². The third-order valence-electron chi connectivity index (χ3n) is 5.94. The molecular weight excluding hydrogens is 458 g/mol. The van der Waals surface area contributed by atoms with Gasteiger partial charge in [0, 0.05) is 24.2 Å². The molecule has 1 amide bonds. The molecule has 0 atom stereocenters. The van der Waals surface area contributed by atoms with Crippen LogP contribution in [-0.2, 0) is 14.8 Å². The van der Waals surface area contributed by atoms with Crippen molar-refractivity contribution in [2.75, 3.05) is 43.6 Å². The van der Waals surface area contributed by atoms with Gasteiger partial charge in [-0.05, 0) is 50.6 Å². The number of sulfonamides is 1. The fourth-order valence-electron chi connectivity index (χ4n) is 4.04. The Kier molecular flexibility index (Phi) is 6.28. The third-order valence-corrected chi connectivity index (χ3v) is 7.76. The van der Waals surface area contributed by atoms with E-state index in [9.17, 15) is 18.3 Å². The fourth-order valence-corrected chi connectivity index (χ4v) is 5.42. The van der Waals surface area contributed by atoms with Gasteiger partial charge < -0.3 is 20.1 Å². The minimum absolute atomic E-state index is 0.0163. The zero-order chi connectivity index (χ0) is 24.7. The average Bonchev–Trinajstić information content (AvgIpc) is 3.26. The number of aryl methyl sites for hydroxylation is 1. The number of amides is 1. The largest absolute Gasteiger partial charge is 0.489 e. The Bertz CT molecular complexity index is 1330. The van der Waals surface area contributed by atoms with Gasteiger partial charge >= 0.3 is 0 Å². The summed E-state index contributed by atoms with van der Waals surface area (Å²) >= 11 is 0. The van der Waals surface area contributed by atoms with Gasteiger partial charge in [0.25, 0.3) is 0 Å². The Morgan fingerprint density at radius 1 is 1.32 bits per heavy atom. The molecule has 0 fully saturated rings. The highest BCUT2D eigenvalue weighted by molar-refractivity contribution is 7.89. The molecule has 1 aliphatic heterocycles. The van der Waals surface area contributed by atoms with Crippen molar-refractivity contribution in [2.45, 2.75) is 31.2 Å². The van der Waals surface area contributed by atoms with Crippen molar-refractivity contribution >= 4 is 38.2 Å². The lowest BCUT2D eigenvalue weighted by Crippen LogP contribution is -2.50. The normalized spacial score (nSPS) is 14.2. The fraction of sp³-hybridized carbons (Fsp3) is 0.391. The van der Waals surface area contributed by atoms with Crippen molar-refractivity contribution in [1.82, 2.24) is 14.5 Å². The number of likely N-dealkylation sites (N-methyl/N-ethyl adjacent to an activating group) is 1. The molecule has 1 aliphatic rings. The molecule has 0 unspecified atom stereocenters. The van der Waals surface area contributed by atoms with Gasteiger partial charge in [-0.1, -0.05) is 0 Å². The zero-order valence-corrected chi connectivity index (χ0v) is 20.4. The Labute approximate surface area is 198 Å². The number of ether oxygens (including phenoxy) is 1. The number of carbonyl (C=O) groups is 1. The number of anilines is 2. The lowest BCUT2D eigenvalue weighted by Gasteiger charge is -2.42. The van der Waals surface area contributed by atoms with E-state index in [4.69, 9.17) is 4.74 Å². The highest BCUT2D eigenvalue weighted by Gasteiger charge is 2.31. The monoisotopic (exact) mass is 487 g/mol.